The van der Waals surface area contributed by atoms with Gasteiger partial charge in [0, 0.05) is 18.8 Å². The minimum absolute atomic E-state index is 0.119. The van der Waals surface area contributed by atoms with Crippen LogP contribution in [0.4, 0.5) is 0 Å². The fourth-order valence-corrected chi connectivity index (χ4v) is 4.26. The van der Waals surface area contributed by atoms with E-state index in [0.29, 0.717) is 18.8 Å². The summed E-state index contributed by atoms with van der Waals surface area (Å²) in [5.41, 5.74) is 4.17. The van der Waals surface area contributed by atoms with E-state index in [1.807, 2.05) is 66.4 Å². The van der Waals surface area contributed by atoms with Crippen LogP contribution in [-0.4, -0.2) is 32.7 Å². The standard InChI is InChI=1S/C24H23N3OS/c1-2-26(17-19-11-5-3-6-12-19)23(28)18-29-24-25-21-15-9-10-16-22(21)27(24)20-13-7-4-8-14-20/h3-16H,2,17-18H2,1H3. The number of imidazole rings is 1. The zero-order chi connectivity index (χ0) is 20.1. The maximum Gasteiger partial charge on any atom is 0.233 e. The molecule has 0 saturated heterocycles. The highest BCUT2D eigenvalue weighted by atomic mass is 32.2. The molecule has 0 N–H and O–H groups in total. The van der Waals surface area contributed by atoms with Gasteiger partial charge in [0.25, 0.3) is 0 Å². The number of thioether (sulfide) groups is 1. The molecule has 0 unspecified atom stereocenters. The summed E-state index contributed by atoms with van der Waals surface area (Å²) in [4.78, 5) is 19.6. The monoisotopic (exact) mass is 401 g/mol. The Morgan fingerprint density at radius 3 is 2.31 bits per heavy atom. The van der Waals surface area contributed by atoms with Gasteiger partial charge >= 0.3 is 0 Å². The largest absolute Gasteiger partial charge is 0.338 e. The number of benzene rings is 3. The predicted octanol–water partition coefficient (Wildman–Crippen LogP) is 5.17. The average molecular weight is 402 g/mol. The zero-order valence-corrected chi connectivity index (χ0v) is 17.2. The SMILES string of the molecule is CCN(Cc1ccccc1)C(=O)CSc1nc2ccccc2n1-c1ccccc1. The molecule has 0 aliphatic heterocycles. The first-order chi connectivity index (χ1) is 14.3. The van der Waals surface area contributed by atoms with Crippen molar-refractivity contribution in [3.05, 3.63) is 90.5 Å². The van der Waals surface area contributed by atoms with E-state index >= 15 is 0 Å². The molecular weight excluding hydrogens is 378 g/mol. The third-order valence-electron chi connectivity index (χ3n) is 4.82. The second-order valence-corrected chi connectivity index (χ2v) is 7.68. The number of para-hydroxylation sites is 3. The summed E-state index contributed by atoms with van der Waals surface area (Å²) in [7, 11) is 0. The molecule has 0 spiro atoms. The third-order valence-corrected chi connectivity index (χ3v) is 5.74. The number of carbonyl (C=O) groups is 1. The van der Waals surface area contributed by atoms with E-state index in [4.69, 9.17) is 4.98 Å². The van der Waals surface area contributed by atoms with E-state index in [9.17, 15) is 4.79 Å². The van der Waals surface area contributed by atoms with Gasteiger partial charge in [-0.25, -0.2) is 4.98 Å². The Morgan fingerprint density at radius 2 is 1.59 bits per heavy atom. The molecule has 0 radical (unpaired) electrons. The van der Waals surface area contributed by atoms with Crippen LogP contribution in [-0.2, 0) is 11.3 Å². The van der Waals surface area contributed by atoms with Crippen molar-refractivity contribution in [2.24, 2.45) is 0 Å². The van der Waals surface area contributed by atoms with Crippen LogP contribution < -0.4 is 0 Å². The Hall–Kier alpha value is -3.05. The molecular formula is C24H23N3OS. The van der Waals surface area contributed by atoms with Gasteiger partial charge in [0.05, 0.1) is 16.8 Å². The summed E-state index contributed by atoms with van der Waals surface area (Å²) >= 11 is 1.49. The van der Waals surface area contributed by atoms with Gasteiger partial charge in [-0.05, 0) is 36.8 Å². The topological polar surface area (TPSA) is 38.1 Å². The average Bonchev–Trinajstić information content (AvgIpc) is 3.15. The van der Waals surface area contributed by atoms with Gasteiger partial charge in [-0.3, -0.25) is 9.36 Å². The van der Waals surface area contributed by atoms with Crippen LogP contribution in [0, 0.1) is 0 Å². The molecule has 4 nitrogen and oxygen atoms in total. The first-order valence-corrected chi connectivity index (χ1v) is 10.7. The summed E-state index contributed by atoms with van der Waals surface area (Å²) in [5, 5.41) is 0.835. The number of amides is 1. The van der Waals surface area contributed by atoms with E-state index in [1.165, 1.54) is 11.8 Å². The van der Waals surface area contributed by atoms with Crippen LogP contribution in [0.5, 0.6) is 0 Å². The molecule has 1 heterocycles. The van der Waals surface area contributed by atoms with E-state index in [-0.39, 0.29) is 5.91 Å². The number of carbonyl (C=O) groups excluding carboxylic acids is 1. The lowest BCUT2D eigenvalue weighted by Crippen LogP contribution is -2.31. The second-order valence-electron chi connectivity index (χ2n) is 6.74. The highest BCUT2D eigenvalue weighted by molar-refractivity contribution is 7.99. The van der Waals surface area contributed by atoms with Crippen LogP contribution >= 0.6 is 11.8 Å². The maximum absolute atomic E-state index is 12.9. The van der Waals surface area contributed by atoms with Crippen molar-refractivity contribution < 1.29 is 4.79 Å². The fourth-order valence-electron chi connectivity index (χ4n) is 3.33. The predicted molar refractivity (Wildman–Crippen MR) is 119 cm³/mol. The van der Waals surface area contributed by atoms with Crippen molar-refractivity contribution >= 4 is 28.7 Å². The number of hydrogen-bond donors (Lipinski definition) is 0. The molecule has 0 aliphatic carbocycles. The van der Waals surface area contributed by atoms with E-state index in [2.05, 4.69) is 34.9 Å². The Balaban J connectivity index is 1.55. The lowest BCUT2D eigenvalue weighted by molar-refractivity contribution is -0.128. The molecule has 0 bridgehead atoms. The molecule has 29 heavy (non-hydrogen) atoms. The maximum atomic E-state index is 12.9. The van der Waals surface area contributed by atoms with Crippen molar-refractivity contribution in [1.29, 1.82) is 0 Å². The molecule has 4 rings (SSSR count). The van der Waals surface area contributed by atoms with Gasteiger partial charge in [-0.2, -0.15) is 0 Å². The number of hydrogen-bond acceptors (Lipinski definition) is 3. The van der Waals surface area contributed by atoms with Crippen LogP contribution in [0.15, 0.2) is 90.1 Å². The first-order valence-electron chi connectivity index (χ1n) is 9.73. The Morgan fingerprint density at radius 1 is 0.931 bits per heavy atom. The van der Waals surface area contributed by atoms with Crippen LogP contribution in [0.25, 0.3) is 16.7 Å². The zero-order valence-electron chi connectivity index (χ0n) is 16.4. The molecule has 0 aliphatic rings. The number of nitrogens with zero attached hydrogens (tertiary/aromatic N) is 3. The molecule has 3 aromatic carbocycles. The lowest BCUT2D eigenvalue weighted by atomic mass is 10.2. The summed E-state index contributed by atoms with van der Waals surface area (Å²) in [6, 6.07) is 28.3. The van der Waals surface area contributed by atoms with Crippen LogP contribution in [0.1, 0.15) is 12.5 Å². The second kappa shape index (κ2) is 8.97. The highest BCUT2D eigenvalue weighted by Gasteiger charge is 2.17. The van der Waals surface area contributed by atoms with Gasteiger partial charge in [0.2, 0.25) is 5.91 Å². The minimum Gasteiger partial charge on any atom is -0.338 e. The first kappa shape index (κ1) is 19.3. The molecule has 0 atom stereocenters. The van der Waals surface area contributed by atoms with Crippen molar-refractivity contribution in [1.82, 2.24) is 14.5 Å². The van der Waals surface area contributed by atoms with Crippen molar-refractivity contribution in [3.63, 3.8) is 0 Å². The Kier molecular flexibility index (Phi) is 5.96. The molecule has 1 aromatic heterocycles. The minimum atomic E-state index is 0.119. The normalized spacial score (nSPS) is 10.9. The van der Waals surface area contributed by atoms with Gasteiger partial charge in [-0.1, -0.05) is 72.4 Å². The quantitative estimate of drug-likeness (QED) is 0.401. The molecule has 1 amide bonds. The van der Waals surface area contributed by atoms with Crippen LogP contribution in [0.2, 0.25) is 0 Å². The third kappa shape index (κ3) is 4.35. The van der Waals surface area contributed by atoms with Crippen molar-refractivity contribution in [2.45, 2.75) is 18.6 Å². The molecule has 4 aromatic rings. The Labute approximate surface area is 175 Å². The Bertz CT molecular complexity index is 1090. The molecule has 0 fully saturated rings. The van der Waals surface area contributed by atoms with Gasteiger partial charge in [0.15, 0.2) is 5.16 Å². The molecule has 146 valence electrons. The summed E-state index contributed by atoms with van der Waals surface area (Å²) in [6.45, 7) is 3.33. The summed E-state index contributed by atoms with van der Waals surface area (Å²) in [5.74, 6) is 0.477. The molecule has 5 heteroatoms. The van der Waals surface area contributed by atoms with Gasteiger partial charge in [-0.15, -0.1) is 0 Å². The van der Waals surface area contributed by atoms with E-state index in [1.54, 1.807) is 0 Å². The lowest BCUT2D eigenvalue weighted by Gasteiger charge is -2.21. The number of aromatic nitrogens is 2. The van der Waals surface area contributed by atoms with E-state index < -0.39 is 0 Å². The highest BCUT2D eigenvalue weighted by Crippen LogP contribution is 2.28. The van der Waals surface area contributed by atoms with Gasteiger partial charge in [0.1, 0.15) is 0 Å². The van der Waals surface area contributed by atoms with Crippen LogP contribution in [0.3, 0.4) is 0 Å². The van der Waals surface area contributed by atoms with E-state index in [0.717, 1.165) is 27.4 Å². The van der Waals surface area contributed by atoms with Crippen molar-refractivity contribution in [3.8, 4) is 5.69 Å². The fraction of sp³-hybridized carbons (Fsp3) is 0.167. The number of rotatable bonds is 7. The summed E-state index contributed by atoms with van der Waals surface area (Å²) < 4.78 is 2.13. The molecule has 0 saturated carbocycles. The smallest absolute Gasteiger partial charge is 0.233 e. The van der Waals surface area contributed by atoms with Gasteiger partial charge < -0.3 is 4.90 Å². The number of fused-ring (bicyclic) bond motifs is 1. The summed E-state index contributed by atoms with van der Waals surface area (Å²) in [6.07, 6.45) is 0. The van der Waals surface area contributed by atoms with Crippen molar-refractivity contribution in [2.75, 3.05) is 12.3 Å².